The van der Waals surface area contributed by atoms with Crippen LogP contribution in [-0.2, 0) is 14.3 Å². The minimum Gasteiger partial charge on any atom is -0.404 e. The fourth-order valence-corrected chi connectivity index (χ4v) is 1.47. The van der Waals surface area contributed by atoms with E-state index in [0.29, 0.717) is 0 Å². The van der Waals surface area contributed by atoms with Crippen molar-refractivity contribution in [2.45, 2.75) is 36.9 Å². The lowest BCUT2D eigenvalue weighted by Gasteiger charge is -2.48. The fraction of sp³-hybridized carbons (Fsp3) is 0.875. The molecule has 0 spiro atoms. The first-order valence-corrected chi connectivity index (χ1v) is 4.73. The van der Waals surface area contributed by atoms with Gasteiger partial charge in [0.05, 0.1) is 6.61 Å². The Bertz CT molecular complexity index is 308. The molecule has 0 aromatic heterocycles. The molecule has 1 aliphatic rings. The predicted molar refractivity (Wildman–Crippen MR) is 49.8 cm³/mol. The van der Waals surface area contributed by atoms with E-state index in [1.165, 1.54) is 0 Å². The maximum Gasteiger partial charge on any atom is 0.374 e. The van der Waals surface area contributed by atoms with Crippen molar-refractivity contribution >= 4 is 5.97 Å². The maximum atomic E-state index is 10.8. The van der Waals surface area contributed by atoms with Crippen LogP contribution in [0.3, 0.4) is 0 Å². The number of aliphatic hydroxyl groups is 5. The van der Waals surface area contributed by atoms with Crippen molar-refractivity contribution in [3.05, 3.63) is 0 Å². The lowest BCUT2D eigenvalue weighted by atomic mass is 9.92. The third-order valence-corrected chi connectivity index (χ3v) is 2.43. The van der Waals surface area contributed by atoms with E-state index in [1.54, 1.807) is 0 Å². The smallest absolute Gasteiger partial charge is 0.374 e. The molecule has 1 rings (SSSR count). The lowest BCUT2D eigenvalue weighted by molar-refractivity contribution is -0.465. The van der Waals surface area contributed by atoms with Crippen LogP contribution in [0.1, 0.15) is 6.92 Å². The van der Waals surface area contributed by atoms with Gasteiger partial charge in [0.15, 0.2) is 0 Å². The second-order valence-corrected chi connectivity index (χ2v) is 3.78. The van der Waals surface area contributed by atoms with Crippen LogP contribution in [0.15, 0.2) is 0 Å². The number of aliphatic hydroxyl groups excluding tert-OH is 3. The van der Waals surface area contributed by atoms with Gasteiger partial charge in [0.1, 0.15) is 18.3 Å². The van der Waals surface area contributed by atoms with Crippen LogP contribution in [0.4, 0.5) is 0 Å². The number of esters is 1. The molecular weight excluding hydrogens is 238 g/mol. The molecule has 1 heterocycles. The molecule has 1 fully saturated rings. The van der Waals surface area contributed by atoms with Gasteiger partial charge in [0, 0.05) is 6.92 Å². The van der Waals surface area contributed by atoms with Gasteiger partial charge in [-0.25, -0.2) is 0 Å². The summed E-state index contributed by atoms with van der Waals surface area (Å²) in [5, 5.41) is 47.1. The summed E-state index contributed by atoms with van der Waals surface area (Å²) >= 11 is 0. The predicted octanol–water partition coefficient (Wildman–Crippen LogP) is -4.04. The van der Waals surface area contributed by atoms with E-state index in [2.05, 4.69) is 9.47 Å². The van der Waals surface area contributed by atoms with Crippen molar-refractivity contribution in [3.8, 4) is 0 Å². The Hall–Kier alpha value is -0.810. The average molecular weight is 253 g/mol. The highest BCUT2D eigenvalue weighted by Crippen LogP contribution is 2.34. The first kappa shape index (κ1) is 14.3. The molecule has 0 saturated carbocycles. The van der Waals surface area contributed by atoms with E-state index in [0.717, 1.165) is 6.92 Å². The second kappa shape index (κ2) is 4.46. The third-order valence-electron chi connectivity index (χ3n) is 2.43. The molecule has 1 aliphatic heterocycles. The normalized spacial score (nSPS) is 46.6. The Morgan fingerprint density at radius 1 is 1.47 bits per heavy atom. The minimum absolute atomic E-state index is 0.794. The zero-order chi connectivity index (χ0) is 13.4. The summed E-state index contributed by atoms with van der Waals surface area (Å²) in [6, 6.07) is 0. The van der Waals surface area contributed by atoms with Gasteiger partial charge in [-0.3, -0.25) is 10.5 Å². The van der Waals surface area contributed by atoms with E-state index >= 15 is 0 Å². The molecule has 0 aliphatic carbocycles. The van der Waals surface area contributed by atoms with E-state index in [9.17, 15) is 25.2 Å². The van der Waals surface area contributed by atoms with Crippen molar-refractivity contribution in [1.82, 2.24) is 0 Å². The molecule has 0 aromatic carbocycles. The number of nitrogens with two attached hydrogens (primary N) is 1. The van der Waals surface area contributed by atoms with E-state index in [1.807, 2.05) is 0 Å². The van der Waals surface area contributed by atoms with Gasteiger partial charge in [-0.1, -0.05) is 0 Å². The Morgan fingerprint density at radius 3 is 2.41 bits per heavy atom. The standard InChI is InChI=1S/C8H15NO8/c1-3(11)16-8(15)7(9,14)6(13)5(12)4(2-10)17-8/h4-6,10,12-15H,2,9H2,1H3/t4-,5+,6+,7+,8-/m1/s1. The summed E-state index contributed by atoms with van der Waals surface area (Å²) in [6.45, 7) is 0.112. The van der Waals surface area contributed by atoms with Crippen molar-refractivity contribution in [3.63, 3.8) is 0 Å². The van der Waals surface area contributed by atoms with Crippen LogP contribution in [0.5, 0.6) is 0 Å². The molecule has 17 heavy (non-hydrogen) atoms. The van der Waals surface area contributed by atoms with E-state index < -0.39 is 42.6 Å². The summed E-state index contributed by atoms with van der Waals surface area (Å²) in [4.78, 5) is 10.8. The molecule has 0 aromatic rings. The van der Waals surface area contributed by atoms with E-state index in [-0.39, 0.29) is 0 Å². The number of rotatable bonds is 2. The highest BCUT2D eigenvalue weighted by atomic mass is 16.9. The average Bonchev–Trinajstić information content (AvgIpc) is 2.21. The molecule has 7 N–H and O–H groups in total. The van der Waals surface area contributed by atoms with Crippen LogP contribution in [-0.4, -0.2) is 68.1 Å². The van der Waals surface area contributed by atoms with Gasteiger partial charge in [0.2, 0.25) is 5.72 Å². The minimum atomic E-state index is -3.06. The molecular formula is C8H15NO8. The van der Waals surface area contributed by atoms with Crippen molar-refractivity contribution in [2.24, 2.45) is 5.73 Å². The van der Waals surface area contributed by atoms with Gasteiger partial charge in [-0.05, 0) is 0 Å². The molecule has 0 unspecified atom stereocenters. The van der Waals surface area contributed by atoms with Crippen LogP contribution in [0.2, 0.25) is 0 Å². The number of hydrogen-bond acceptors (Lipinski definition) is 9. The molecule has 0 amide bonds. The molecule has 100 valence electrons. The molecule has 1 saturated heterocycles. The van der Waals surface area contributed by atoms with Crippen LogP contribution >= 0.6 is 0 Å². The highest BCUT2D eigenvalue weighted by Gasteiger charge is 2.64. The Balaban J connectivity index is 3.06. The van der Waals surface area contributed by atoms with Gasteiger partial charge in [-0.15, -0.1) is 0 Å². The molecule has 0 bridgehead atoms. The number of hydrogen-bond donors (Lipinski definition) is 6. The summed E-state index contributed by atoms with van der Waals surface area (Å²) in [7, 11) is 0. The Labute approximate surface area is 96.0 Å². The molecule has 5 atom stereocenters. The fourth-order valence-electron chi connectivity index (χ4n) is 1.47. The van der Waals surface area contributed by atoms with Gasteiger partial charge in [-0.2, -0.15) is 0 Å². The second-order valence-electron chi connectivity index (χ2n) is 3.78. The first-order chi connectivity index (χ1) is 7.65. The maximum absolute atomic E-state index is 10.8. The largest absolute Gasteiger partial charge is 0.404 e. The topological polar surface area (TPSA) is 163 Å². The zero-order valence-corrected chi connectivity index (χ0v) is 8.98. The monoisotopic (exact) mass is 253 g/mol. The van der Waals surface area contributed by atoms with Crippen molar-refractivity contribution < 1.29 is 39.8 Å². The first-order valence-electron chi connectivity index (χ1n) is 4.73. The number of carbonyl (C=O) groups is 1. The summed E-state index contributed by atoms with van der Waals surface area (Å²) in [6.07, 6.45) is -5.32. The molecule has 9 heteroatoms. The van der Waals surface area contributed by atoms with Crippen molar-refractivity contribution in [2.75, 3.05) is 6.61 Å². The molecule has 9 nitrogen and oxygen atoms in total. The molecule has 0 radical (unpaired) electrons. The summed E-state index contributed by atoms with van der Waals surface area (Å²) < 4.78 is 8.89. The Morgan fingerprint density at radius 2 is 2.00 bits per heavy atom. The number of ether oxygens (including phenoxy) is 2. The zero-order valence-electron chi connectivity index (χ0n) is 8.98. The van der Waals surface area contributed by atoms with Crippen LogP contribution in [0.25, 0.3) is 0 Å². The van der Waals surface area contributed by atoms with Crippen LogP contribution < -0.4 is 5.73 Å². The quantitative estimate of drug-likeness (QED) is 0.212. The summed E-state index contributed by atoms with van der Waals surface area (Å²) in [5.41, 5.74) is 2.23. The lowest BCUT2D eigenvalue weighted by Crippen LogP contribution is -2.78. The van der Waals surface area contributed by atoms with Gasteiger partial charge in [0.25, 0.3) is 0 Å². The van der Waals surface area contributed by atoms with Gasteiger partial charge < -0.3 is 35.0 Å². The third kappa shape index (κ3) is 2.26. The van der Waals surface area contributed by atoms with Crippen LogP contribution in [0, 0.1) is 0 Å². The van der Waals surface area contributed by atoms with Gasteiger partial charge >= 0.3 is 11.9 Å². The van der Waals surface area contributed by atoms with E-state index in [4.69, 9.17) is 10.8 Å². The SMILES string of the molecule is CC(=O)O[C@@]1(O)O[C@H](CO)[C@H](O)[C@H](O)[C@]1(N)O. The highest BCUT2D eigenvalue weighted by molar-refractivity contribution is 5.66. The summed E-state index contributed by atoms with van der Waals surface area (Å²) in [5.74, 6) is -4.11. The Kier molecular flexibility index (Phi) is 3.74. The number of carbonyl (C=O) groups excluding carboxylic acids is 1. The van der Waals surface area contributed by atoms with Crippen molar-refractivity contribution in [1.29, 1.82) is 0 Å².